The molecule has 0 aromatic rings. The summed E-state index contributed by atoms with van der Waals surface area (Å²) >= 11 is 0. The third-order valence-corrected chi connectivity index (χ3v) is 18.6. The van der Waals surface area contributed by atoms with Gasteiger partial charge in [-0.25, -0.2) is 9.13 Å². The monoisotopic (exact) mass is 1420 g/mol. The molecule has 0 heterocycles. The van der Waals surface area contributed by atoms with Crippen LogP contribution in [0.5, 0.6) is 0 Å². The molecular weight excluding hydrogens is 1280 g/mol. The van der Waals surface area contributed by atoms with Gasteiger partial charge in [-0.3, -0.25) is 37.3 Å². The zero-order chi connectivity index (χ0) is 71.8. The Bertz CT molecular complexity index is 2140. The Kier molecular flexibility index (Phi) is 69.3. The first-order valence-electron chi connectivity index (χ1n) is 39.2. The Morgan fingerprint density at radius 3 is 0.827 bits per heavy atom. The number of unbranched alkanes of at least 4 members (excludes halogenated alkanes) is 36. The summed E-state index contributed by atoms with van der Waals surface area (Å²) in [5.74, 6) is -2.23. The van der Waals surface area contributed by atoms with E-state index < -0.39 is 97.5 Å². The molecule has 2 unspecified atom stereocenters. The number of phosphoric ester groups is 2. The summed E-state index contributed by atoms with van der Waals surface area (Å²) in [7, 11) is -9.96. The van der Waals surface area contributed by atoms with Crippen molar-refractivity contribution >= 4 is 39.5 Å². The summed E-state index contributed by atoms with van der Waals surface area (Å²) in [5, 5.41) is 10.6. The molecule has 17 nitrogen and oxygen atoms in total. The van der Waals surface area contributed by atoms with Crippen LogP contribution in [0.4, 0.5) is 0 Å². The highest BCUT2D eigenvalue weighted by atomic mass is 31.2. The topological polar surface area (TPSA) is 237 Å². The Balaban J connectivity index is 5.38. The van der Waals surface area contributed by atoms with Crippen LogP contribution in [-0.2, 0) is 65.4 Å². The van der Waals surface area contributed by atoms with E-state index in [1.54, 1.807) is 0 Å². The van der Waals surface area contributed by atoms with E-state index in [1.165, 1.54) is 148 Å². The molecule has 0 aliphatic rings. The van der Waals surface area contributed by atoms with Crippen molar-refractivity contribution in [1.29, 1.82) is 0 Å². The lowest BCUT2D eigenvalue weighted by atomic mass is 10.0. The van der Waals surface area contributed by atoms with Crippen molar-refractivity contribution < 1.29 is 80.2 Å². The predicted octanol–water partition coefficient (Wildman–Crippen LogP) is 22.4. The van der Waals surface area contributed by atoms with Crippen LogP contribution in [0, 0.1) is 0 Å². The molecule has 5 atom stereocenters. The average Bonchev–Trinajstić information content (AvgIpc) is 1.02. The van der Waals surface area contributed by atoms with Gasteiger partial charge in [-0.2, -0.15) is 0 Å². The highest BCUT2D eigenvalue weighted by Gasteiger charge is 2.30. The second-order valence-electron chi connectivity index (χ2n) is 26.3. The van der Waals surface area contributed by atoms with Gasteiger partial charge in [0.05, 0.1) is 26.4 Å². The predicted molar refractivity (Wildman–Crippen MR) is 400 cm³/mol. The fraction of sp³-hybridized carbons (Fsp3) is 0.797. The minimum atomic E-state index is -4.98. The van der Waals surface area contributed by atoms with E-state index in [0.29, 0.717) is 32.1 Å². The van der Waals surface area contributed by atoms with Crippen LogP contribution in [0.3, 0.4) is 0 Å². The Morgan fingerprint density at radius 1 is 0.286 bits per heavy atom. The standard InChI is InChI=1S/C79H142O17P2/c1-5-9-13-17-21-25-29-33-35-36-38-42-46-50-54-58-62-66-79(84)96-75(69-89-76(81)63-59-55-51-47-43-39-31-27-23-19-15-11-7-3)72-94-98(87,88)92-68-73(80)67-91-97(85,86)93-71-74(95-78(83)65-61-57-53-49-45-40-32-28-24-20-16-12-8-4)70-90-77(82)64-60-56-52-48-44-41-37-34-30-26-22-18-14-10-6-2/h21-22,25-26,33-35,37-38,42,50,54,73-75,80H,5-20,23-24,27-32,36,39-41,43-49,51-53,55-72H2,1-4H3,(H,85,86)(H,87,88)/b25-21-,26-22-,35-33-,37-34-,42-38-,54-50-/t73-,74-,75-/m1/s1. The van der Waals surface area contributed by atoms with Crippen molar-refractivity contribution in [3.05, 3.63) is 72.9 Å². The van der Waals surface area contributed by atoms with Crippen LogP contribution in [0.1, 0.15) is 349 Å². The van der Waals surface area contributed by atoms with Crippen LogP contribution in [0.25, 0.3) is 0 Å². The van der Waals surface area contributed by atoms with Crippen LogP contribution in [0.15, 0.2) is 72.9 Å². The van der Waals surface area contributed by atoms with Crippen molar-refractivity contribution in [2.45, 2.75) is 367 Å². The largest absolute Gasteiger partial charge is 0.472 e. The highest BCUT2D eigenvalue weighted by Crippen LogP contribution is 2.45. The van der Waals surface area contributed by atoms with Gasteiger partial charge in [0.2, 0.25) is 0 Å². The first-order chi connectivity index (χ1) is 47.7. The van der Waals surface area contributed by atoms with Crippen LogP contribution in [-0.4, -0.2) is 96.7 Å². The maximum Gasteiger partial charge on any atom is 0.472 e. The molecule has 570 valence electrons. The van der Waals surface area contributed by atoms with E-state index in [4.69, 9.17) is 37.0 Å². The van der Waals surface area contributed by atoms with Crippen LogP contribution in [0.2, 0.25) is 0 Å². The number of hydrogen-bond donors (Lipinski definition) is 3. The van der Waals surface area contributed by atoms with Crippen molar-refractivity contribution in [1.82, 2.24) is 0 Å². The number of hydrogen-bond acceptors (Lipinski definition) is 15. The van der Waals surface area contributed by atoms with Gasteiger partial charge < -0.3 is 33.8 Å². The molecule has 98 heavy (non-hydrogen) atoms. The molecule has 3 N–H and O–H groups in total. The number of phosphoric acid groups is 2. The normalized spacial score (nSPS) is 14.3. The minimum absolute atomic E-state index is 0.0231. The molecule has 0 saturated heterocycles. The number of esters is 4. The average molecular weight is 1430 g/mol. The zero-order valence-corrected chi connectivity index (χ0v) is 64.0. The lowest BCUT2D eigenvalue weighted by Crippen LogP contribution is -2.30. The van der Waals surface area contributed by atoms with Gasteiger partial charge >= 0.3 is 39.5 Å². The third kappa shape index (κ3) is 70.9. The third-order valence-electron chi connectivity index (χ3n) is 16.7. The van der Waals surface area contributed by atoms with E-state index >= 15 is 0 Å². The maximum atomic E-state index is 13.1. The van der Waals surface area contributed by atoms with Gasteiger partial charge in [0.25, 0.3) is 0 Å². The molecular formula is C79H142O17P2. The fourth-order valence-electron chi connectivity index (χ4n) is 10.7. The van der Waals surface area contributed by atoms with Gasteiger partial charge in [0.1, 0.15) is 19.3 Å². The van der Waals surface area contributed by atoms with Gasteiger partial charge in [0, 0.05) is 25.7 Å². The SMILES string of the molecule is CCCCC/C=C\C/C=C\C/C=C\C/C=C\CCCC(=O)O[C@H](COC(=O)CCCCCCCCCCCCCCC)COP(=O)(O)OC[C@H](O)COP(=O)(O)OC[C@@H](COC(=O)CCCCCCC/C=C\C/C=C\CCCCC)OC(=O)CCCCCCCCCCCCCCC. The molecule has 0 radical (unpaired) electrons. The second-order valence-corrected chi connectivity index (χ2v) is 29.2. The van der Waals surface area contributed by atoms with Crippen molar-refractivity contribution in [2.24, 2.45) is 0 Å². The molecule has 19 heteroatoms. The minimum Gasteiger partial charge on any atom is -0.462 e. The molecule has 0 aromatic heterocycles. The number of ether oxygens (including phenoxy) is 4. The number of rotatable bonds is 74. The Labute approximate surface area is 596 Å². The zero-order valence-electron chi connectivity index (χ0n) is 62.2. The molecule has 0 bridgehead atoms. The molecule has 0 amide bonds. The van der Waals surface area contributed by atoms with Gasteiger partial charge in [-0.1, -0.05) is 300 Å². The van der Waals surface area contributed by atoms with E-state index in [-0.39, 0.29) is 25.7 Å². The summed E-state index contributed by atoms with van der Waals surface area (Å²) in [6, 6.07) is 0. The molecule has 0 saturated carbocycles. The van der Waals surface area contributed by atoms with Crippen molar-refractivity contribution in [3.63, 3.8) is 0 Å². The number of carbonyl (C=O) groups excluding carboxylic acids is 4. The smallest absolute Gasteiger partial charge is 0.462 e. The van der Waals surface area contributed by atoms with Crippen LogP contribution < -0.4 is 0 Å². The van der Waals surface area contributed by atoms with Crippen molar-refractivity contribution in [3.8, 4) is 0 Å². The maximum absolute atomic E-state index is 13.1. The summed E-state index contributed by atoms with van der Waals surface area (Å²) in [4.78, 5) is 72.8. The molecule has 0 fully saturated rings. The highest BCUT2D eigenvalue weighted by molar-refractivity contribution is 7.47. The summed E-state index contributed by atoms with van der Waals surface area (Å²) in [6.07, 6.45) is 71.7. The van der Waals surface area contributed by atoms with Crippen LogP contribution >= 0.6 is 15.6 Å². The second kappa shape index (κ2) is 71.9. The molecule has 0 spiro atoms. The van der Waals surface area contributed by atoms with E-state index in [1.807, 2.05) is 12.2 Å². The Morgan fingerprint density at radius 2 is 0.510 bits per heavy atom. The van der Waals surface area contributed by atoms with Gasteiger partial charge in [-0.05, 0) is 96.3 Å². The number of carbonyl (C=O) groups is 4. The van der Waals surface area contributed by atoms with E-state index in [0.717, 1.165) is 116 Å². The first kappa shape index (κ1) is 94.5. The molecule has 0 aliphatic heterocycles. The van der Waals surface area contributed by atoms with Gasteiger partial charge in [-0.15, -0.1) is 0 Å². The Hall–Kier alpha value is -3.50. The van der Waals surface area contributed by atoms with Crippen molar-refractivity contribution in [2.75, 3.05) is 39.6 Å². The number of allylic oxidation sites excluding steroid dienone is 12. The summed E-state index contributed by atoms with van der Waals surface area (Å²) in [6.45, 7) is 4.79. The fourth-order valence-corrected chi connectivity index (χ4v) is 12.2. The summed E-state index contributed by atoms with van der Waals surface area (Å²) in [5.41, 5.74) is 0. The molecule has 0 aromatic carbocycles. The van der Waals surface area contributed by atoms with E-state index in [2.05, 4.69) is 88.5 Å². The lowest BCUT2D eigenvalue weighted by molar-refractivity contribution is -0.161. The molecule has 0 aliphatic carbocycles. The lowest BCUT2D eigenvalue weighted by Gasteiger charge is -2.21. The number of aliphatic hydroxyl groups is 1. The number of aliphatic hydroxyl groups excluding tert-OH is 1. The summed E-state index contributed by atoms with van der Waals surface area (Å²) < 4.78 is 68.5. The first-order valence-corrected chi connectivity index (χ1v) is 42.2. The quantitative estimate of drug-likeness (QED) is 0.0169. The van der Waals surface area contributed by atoms with E-state index in [9.17, 15) is 43.2 Å². The molecule has 0 rings (SSSR count). The van der Waals surface area contributed by atoms with Gasteiger partial charge in [0.15, 0.2) is 12.2 Å².